The molecule has 0 spiro atoms. The van der Waals surface area contributed by atoms with E-state index in [1.807, 2.05) is 19.1 Å². The van der Waals surface area contributed by atoms with Gasteiger partial charge in [0.05, 0.1) is 30.2 Å². The Hall–Kier alpha value is -4.19. The van der Waals surface area contributed by atoms with E-state index in [2.05, 4.69) is 10.3 Å². The number of allylic oxidation sites excluding steroid dienone is 1. The first-order valence-electron chi connectivity index (χ1n) is 10.8. The Labute approximate surface area is 199 Å². The van der Waals surface area contributed by atoms with E-state index in [-0.39, 0.29) is 11.4 Å². The van der Waals surface area contributed by atoms with E-state index in [1.165, 1.54) is 24.4 Å². The largest absolute Gasteiger partial charge is 0.343 e. The van der Waals surface area contributed by atoms with Crippen molar-refractivity contribution in [2.24, 2.45) is 0 Å². The molecule has 4 rings (SSSR count). The molecule has 3 aromatic rings. The summed E-state index contributed by atoms with van der Waals surface area (Å²) in [6.07, 6.45) is 2.64. The van der Waals surface area contributed by atoms with Crippen molar-refractivity contribution in [1.29, 1.82) is 5.26 Å². The van der Waals surface area contributed by atoms with Gasteiger partial charge in [0.1, 0.15) is 11.9 Å². The van der Waals surface area contributed by atoms with Crippen LogP contribution in [0.1, 0.15) is 34.8 Å². The van der Waals surface area contributed by atoms with Gasteiger partial charge >= 0.3 is 0 Å². The molecule has 1 atom stereocenters. The fourth-order valence-electron chi connectivity index (χ4n) is 4.04. The van der Waals surface area contributed by atoms with Crippen LogP contribution < -0.4 is 5.32 Å². The highest BCUT2D eigenvalue weighted by Crippen LogP contribution is 2.31. The van der Waals surface area contributed by atoms with Crippen LogP contribution in [0.5, 0.6) is 0 Å². The van der Waals surface area contributed by atoms with Crippen molar-refractivity contribution in [1.82, 2.24) is 15.2 Å². The van der Waals surface area contributed by atoms with E-state index in [0.29, 0.717) is 10.9 Å². The maximum absolute atomic E-state index is 13.6. The van der Waals surface area contributed by atoms with E-state index in [1.54, 1.807) is 30.3 Å². The number of likely N-dealkylation sites (tertiary alicyclic amines) is 1. The first-order valence-corrected chi connectivity index (χ1v) is 10.8. The lowest BCUT2D eigenvalue weighted by Crippen LogP contribution is -2.43. The number of carbonyl (C=O) groups excluding carboxylic acids is 2. The molecule has 1 aliphatic heterocycles. The van der Waals surface area contributed by atoms with Crippen LogP contribution in [0.15, 0.2) is 54.7 Å². The van der Waals surface area contributed by atoms with Crippen LogP contribution in [0.25, 0.3) is 22.6 Å². The number of hydrogen-bond donors (Lipinski definition) is 1. The monoisotopic (exact) mass is 478 g/mol. The minimum Gasteiger partial charge on any atom is -0.343 e. The molecular formula is C26H21F3N4O2. The number of nitrogens with zero attached hydrogens (tertiary/aromatic N) is 3. The quantitative estimate of drug-likeness (QED) is 0.550. The van der Waals surface area contributed by atoms with Crippen LogP contribution in [0.4, 0.5) is 13.2 Å². The summed E-state index contributed by atoms with van der Waals surface area (Å²) in [5.74, 6) is -4.77. The molecule has 1 aliphatic rings. The number of nitrogens with one attached hydrogen (secondary N) is 1. The number of aromatic nitrogens is 1. The third-order valence-corrected chi connectivity index (χ3v) is 5.83. The minimum absolute atomic E-state index is 0.265. The zero-order valence-electron chi connectivity index (χ0n) is 18.8. The van der Waals surface area contributed by atoms with Gasteiger partial charge in [-0.15, -0.1) is 0 Å². The molecule has 9 heteroatoms. The van der Waals surface area contributed by atoms with Crippen LogP contribution in [0.2, 0.25) is 0 Å². The predicted molar refractivity (Wildman–Crippen MR) is 125 cm³/mol. The summed E-state index contributed by atoms with van der Waals surface area (Å²) in [6.45, 7) is 0.525. The molecule has 2 amide bonds. The van der Waals surface area contributed by atoms with E-state index in [0.717, 1.165) is 21.6 Å². The van der Waals surface area contributed by atoms with Crippen molar-refractivity contribution in [3.63, 3.8) is 0 Å². The van der Waals surface area contributed by atoms with Crippen LogP contribution in [-0.2, 0) is 4.79 Å². The predicted octanol–water partition coefficient (Wildman–Crippen LogP) is 4.42. The smallest absolute Gasteiger partial charge is 0.268 e. The molecule has 0 bridgehead atoms. The Morgan fingerprint density at radius 2 is 1.97 bits per heavy atom. The number of amides is 2. The fraction of sp³-hybridized carbons (Fsp3) is 0.231. The SMILES string of the molecule is CC(=Cc1ccc2nccc(C(=O)NCC(=O)N3CC(F)(F)CC3C#N)c2c1)c1ccc(F)cc1. The molecular weight excluding hydrogens is 457 g/mol. The third kappa shape index (κ3) is 5.32. The number of pyridine rings is 1. The number of carbonyl (C=O) groups is 2. The lowest BCUT2D eigenvalue weighted by Gasteiger charge is -2.19. The second-order valence-electron chi connectivity index (χ2n) is 8.38. The number of alkyl halides is 2. The van der Waals surface area contributed by atoms with E-state index in [9.17, 15) is 22.8 Å². The summed E-state index contributed by atoms with van der Waals surface area (Å²) < 4.78 is 40.5. The molecule has 178 valence electrons. The average molecular weight is 478 g/mol. The van der Waals surface area contributed by atoms with Gasteiger partial charge in [0.2, 0.25) is 5.91 Å². The molecule has 0 aliphatic carbocycles. The number of rotatable bonds is 5. The number of nitriles is 1. The number of benzene rings is 2. The van der Waals surface area contributed by atoms with E-state index in [4.69, 9.17) is 5.26 Å². The van der Waals surface area contributed by atoms with Crippen molar-refractivity contribution < 1.29 is 22.8 Å². The number of fused-ring (bicyclic) bond motifs is 1. The minimum atomic E-state index is -3.13. The number of hydrogen-bond acceptors (Lipinski definition) is 4. The lowest BCUT2D eigenvalue weighted by molar-refractivity contribution is -0.131. The summed E-state index contributed by atoms with van der Waals surface area (Å²) in [4.78, 5) is 30.4. The molecule has 1 saturated heterocycles. The summed E-state index contributed by atoms with van der Waals surface area (Å²) in [6, 6.07) is 13.5. The molecule has 2 heterocycles. The molecule has 1 N–H and O–H groups in total. The van der Waals surface area contributed by atoms with Crippen molar-refractivity contribution in [3.8, 4) is 6.07 Å². The van der Waals surface area contributed by atoms with Crippen LogP contribution in [0, 0.1) is 17.1 Å². The standard InChI is InChI=1S/C26H21F3N4O2/c1-16(18-3-5-19(27)6-4-18)10-17-2-7-23-22(11-17)21(8-9-31-23)25(35)32-14-24(34)33-15-26(28,29)12-20(33)13-30/h2-11,20H,12,14-15H2,1H3,(H,32,35). The van der Waals surface area contributed by atoms with Gasteiger partial charge in [0, 0.05) is 18.0 Å². The average Bonchev–Trinajstić information content (AvgIpc) is 3.17. The molecule has 1 fully saturated rings. The number of halogens is 3. The molecule has 0 saturated carbocycles. The highest BCUT2D eigenvalue weighted by Gasteiger charge is 2.47. The van der Waals surface area contributed by atoms with Gasteiger partial charge in [-0.1, -0.05) is 24.3 Å². The Kier molecular flexibility index (Phi) is 6.56. The Morgan fingerprint density at radius 3 is 2.69 bits per heavy atom. The molecule has 1 unspecified atom stereocenters. The summed E-state index contributed by atoms with van der Waals surface area (Å²) in [7, 11) is 0. The second kappa shape index (κ2) is 9.58. The van der Waals surface area contributed by atoms with Crippen molar-refractivity contribution >= 4 is 34.4 Å². The van der Waals surface area contributed by atoms with Gasteiger partial charge < -0.3 is 10.2 Å². The topological polar surface area (TPSA) is 86.1 Å². The lowest BCUT2D eigenvalue weighted by atomic mass is 10.0. The highest BCUT2D eigenvalue weighted by atomic mass is 19.3. The Bertz CT molecular complexity index is 1360. The van der Waals surface area contributed by atoms with Gasteiger partial charge in [-0.25, -0.2) is 13.2 Å². The van der Waals surface area contributed by atoms with Gasteiger partial charge in [-0.05, 0) is 54.0 Å². The van der Waals surface area contributed by atoms with E-state index < -0.39 is 43.3 Å². The Balaban J connectivity index is 1.53. The van der Waals surface area contributed by atoms with Gasteiger partial charge in [0.15, 0.2) is 0 Å². The molecule has 6 nitrogen and oxygen atoms in total. The zero-order valence-corrected chi connectivity index (χ0v) is 18.8. The molecule has 2 aromatic carbocycles. The zero-order chi connectivity index (χ0) is 25.2. The summed E-state index contributed by atoms with van der Waals surface area (Å²) >= 11 is 0. The Morgan fingerprint density at radius 1 is 1.23 bits per heavy atom. The van der Waals surface area contributed by atoms with Crippen LogP contribution in [0.3, 0.4) is 0 Å². The fourth-order valence-corrected chi connectivity index (χ4v) is 4.04. The first kappa shape index (κ1) is 24.0. The van der Waals surface area contributed by atoms with Crippen LogP contribution >= 0.6 is 0 Å². The summed E-state index contributed by atoms with van der Waals surface area (Å²) in [5.41, 5.74) is 3.34. The van der Waals surface area contributed by atoms with Crippen molar-refractivity contribution in [2.75, 3.05) is 13.1 Å². The van der Waals surface area contributed by atoms with Crippen molar-refractivity contribution in [3.05, 3.63) is 77.2 Å². The second-order valence-corrected chi connectivity index (χ2v) is 8.38. The normalized spacial score (nSPS) is 17.3. The molecule has 1 aromatic heterocycles. The van der Waals surface area contributed by atoms with Crippen molar-refractivity contribution in [2.45, 2.75) is 25.3 Å². The van der Waals surface area contributed by atoms with Crippen LogP contribution in [-0.4, -0.2) is 46.8 Å². The van der Waals surface area contributed by atoms with Gasteiger partial charge in [-0.3, -0.25) is 14.6 Å². The van der Waals surface area contributed by atoms with Gasteiger partial charge in [0.25, 0.3) is 11.8 Å². The summed E-state index contributed by atoms with van der Waals surface area (Å²) in [5, 5.41) is 12.1. The third-order valence-electron chi connectivity index (χ3n) is 5.83. The highest BCUT2D eigenvalue weighted by molar-refractivity contribution is 6.07. The maximum Gasteiger partial charge on any atom is 0.268 e. The van der Waals surface area contributed by atoms with E-state index >= 15 is 0 Å². The van der Waals surface area contributed by atoms with Gasteiger partial charge in [-0.2, -0.15) is 5.26 Å². The first-order chi connectivity index (χ1) is 16.7. The molecule has 35 heavy (non-hydrogen) atoms. The maximum atomic E-state index is 13.6. The molecule has 0 radical (unpaired) electrons.